The van der Waals surface area contributed by atoms with Gasteiger partial charge in [-0.15, -0.1) is 0 Å². The minimum atomic E-state index is 0.250. The monoisotopic (exact) mass is 270 g/mol. The van der Waals surface area contributed by atoms with Crippen LogP contribution in [0.2, 0.25) is 0 Å². The van der Waals surface area contributed by atoms with Gasteiger partial charge in [-0.3, -0.25) is 4.98 Å². The summed E-state index contributed by atoms with van der Waals surface area (Å²) in [7, 11) is 1.88. The van der Waals surface area contributed by atoms with Crippen LogP contribution in [0.15, 0.2) is 24.7 Å². The van der Waals surface area contributed by atoms with Crippen LogP contribution >= 0.6 is 0 Å². The number of anilines is 2. The Morgan fingerprint density at radius 3 is 2.95 bits per heavy atom. The van der Waals surface area contributed by atoms with Crippen LogP contribution < -0.4 is 10.2 Å². The highest BCUT2D eigenvalue weighted by atomic mass is 15.2. The zero-order valence-corrected chi connectivity index (χ0v) is 11.7. The van der Waals surface area contributed by atoms with Crippen LogP contribution in [0, 0.1) is 6.92 Å². The van der Waals surface area contributed by atoms with E-state index in [-0.39, 0.29) is 6.04 Å². The number of hydrogen-bond acceptors (Lipinski definition) is 6. The highest BCUT2D eigenvalue weighted by Crippen LogP contribution is 2.34. The molecule has 3 heterocycles. The lowest BCUT2D eigenvalue weighted by molar-refractivity contribution is 0.679. The average Bonchev–Trinajstić information content (AvgIpc) is 2.97. The van der Waals surface area contributed by atoms with Gasteiger partial charge < -0.3 is 10.2 Å². The molecule has 0 aliphatic carbocycles. The Morgan fingerprint density at radius 2 is 2.20 bits per heavy atom. The average molecular weight is 270 g/mol. The first-order chi connectivity index (χ1) is 9.78. The fraction of sp³-hybridized carbons (Fsp3) is 0.429. The molecule has 1 saturated heterocycles. The van der Waals surface area contributed by atoms with Crippen LogP contribution in [0.1, 0.15) is 30.4 Å². The summed E-state index contributed by atoms with van der Waals surface area (Å²) in [5.41, 5.74) is 1.05. The summed E-state index contributed by atoms with van der Waals surface area (Å²) < 4.78 is 0. The summed E-state index contributed by atoms with van der Waals surface area (Å²) in [6.45, 7) is 2.91. The van der Waals surface area contributed by atoms with E-state index in [1.165, 1.54) is 0 Å². The third-order valence-electron chi connectivity index (χ3n) is 3.55. The van der Waals surface area contributed by atoms with Crippen molar-refractivity contribution >= 4 is 11.6 Å². The summed E-state index contributed by atoms with van der Waals surface area (Å²) in [5.74, 6) is 2.56. The molecular weight excluding hydrogens is 252 g/mol. The molecule has 0 bridgehead atoms. The Kier molecular flexibility index (Phi) is 3.45. The normalized spacial score (nSPS) is 18.3. The van der Waals surface area contributed by atoms with Gasteiger partial charge in [-0.1, -0.05) is 0 Å². The Balaban J connectivity index is 1.94. The molecular formula is C14H18N6. The van der Waals surface area contributed by atoms with Gasteiger partial charge in [0.25, 0.3) is 0 Å². The fourth-order valence-corrected chi connectivity index (χ4v) is 2.68. The molecule has 2 aromatic heterocycles. The van der Waals surface area contributed by atoms with Gasteiger partial charge in [-0.25, -0.2) is 15.0 Å². The van der Waals surface area contributed by atoms with Crippen LogP contribution in [0.4, 0.5) is 11.6 Å². The molecule has 20 heavy (non-hydrogen) atoms. The molecule has 2 aromatic rings. The quantitative estimate of drug-likeness (QED) is 0.919. The van der Waals surface area contributed by atoms with Gasteiger partial charge in [-0.2, -0.15) is 0 Å². The van der Waals surface area contributed by atoms with Gasteiger partial charge in [0.1, 0.15) is 17.5 Å². The van der Waals surface area contributed by atoms with E-state index >= 15 is 0 Å². The molecule has 1 aliphatic rings. The van der Waals surface area contributed by atoms with E-state index in [0.29, 0.717) is 0 Å². The van der Waals surface area contributed by atoms with Gasteiger partial charge in [0, 0.05) is 32.1 Å². The molecule has 0 radical (unpaired) electrons. The molecule has 1 aliphatic heterocycles. The molecule has 3 rings (SSSR count). The lowest BCUT2D eigenvalue weighted by atomic mass is 10.1. The standard InChI is InChI=1S/C14H18N6/c1-10-18-11(8-13(15-2)19-10)12-4-3-7-20(12)14-9-16-5-6-17-14/h5-6,8-9,12H,3-4,7H2,1-2H3,(H,15,18,19)/t12-/m1/s1. The molecule has 1 fully saturated rings. The molecule has 0 unspecified atom stereocenters. The predicted molar refractivity (Wildman–Crippen MR) is 77.7 cm³/mol. The van der Waals surface area contributed by atoms with Gasteiger partial charge in [0.05, 0.1) is 17.9 Å². The van der Waals surface area contributed by atoms with Crippen molar-refractivity contribution in [3.05, 3.63) is 36.2 Å². The number of nitrogens with zero attached hydrogens (tertiary/aromatic N) is 5. The summed E-state index contributed by atoms with van der Waals surface area (Å²) in [4.78, 5) is 19.8. The van der Waals surface area contributed by atoms with E-state index < -0.39 is 0 Å². The molecule has 6 nitrogen and oxygen atoms in total. The van der Waals surface area contributed by atoms with E-state index in [2.05, 4.69) is 30.2 Å². The summed E-state index contributed by atoms with van der Waals surface area (Å²) in [6, 6.07) is 2.27. The van der Waals surface area contributed by atoms with Crippen LogP contribution in [0.3, 0.4) is 0 Å². The number of hydrogen-bond donors (Lipinski definition) is 1. The molecule has 104 valence electrons. The van der Waals surface area contributed by atoms with Crippen molar-refractivity contribution in [1.29, 1.82) is 0 Å². The fourth-order valence-electron chi connectivity index (χ4n) is 2.68. The minimum Gasteiger partial charge on any atom is -0.373 e. The summed E-state index contributed by atoms with van der Waals surface area (Å²) >= 11 is 0. The largest absolute Gasteiger partial charge is 0.373 e. The summed E-state index contributed by atoms with van der Waals surface area (Å²) in [5, 5.41) is 3.09. The van der Waals surface area contributed by atoms with Crippen molar-refractivity contribution in [3.8, 4) is 0 Å². The number of aryl methyl sites for hydroxylation is 1. The SMILES string of the molecule is CNc1cc([C@H]2CCCN2c2cnccn2)nc(C)n1. The number of nitrogens with one attached hydrogen (secondary N) is 1. The topological polar surface area (TPSA) is 66.8 Å². The zero-order valence-electron chi connectivity index (χ0n) is 11.7. The molecule has 0 spiro atoms. The van der Waals surface area contributed by atoms with Crippen LogP contribution in [0.5, 0.6) is 0 Å². The highest BCUT2D eigenvalue weighted by Gasteiger charge is 2.28. The van der Waals surface area contributed by atoms with E-state index in [4.69, 9.17) is 0 Å². The van der Waals surface area contributed by atoms with Gasteiger partial charge in [0.2, 0.25) is 0 Å². The van der Waals surface area contributed by atoms with Crippen molar-refractivity contribution < 1.29 is 0 Å². The van der Waals surface area contributed by atoms with Crippen LogP contribution in [-0.2, 0) is 0 Å². The molecule has 0 aromatic carbocycles. The molecule has 0 amide bonds. The maximum atomic E-state index is 4.60. The lowest BCUT2D eigenvalue weighted by Gasteiger charge is -2.25. The first kappa shape index (κ1) is 12.8. The third kappa shape index (κ3) is 2.41. The Hall–Kier alpha value is -2.24. The van der Waals surface area contributed by atoms with Crippen molar-refractivity contribution in [2.75, 3.05) is 23.8 Å². The van der Waals surface area contributed by atoms with Gasteiger partial charge >= 0.3 is 0 Å². The van der Waals surface area contributed by atoms with Crippen molar-refractivity contribution in [3.63, 3.8) is 0 Å². The van der Waals surface area contributed by atoms with Crippen molar-refractivity contribution in [2.24, 2.45) is 0 Å². The zero-order chi connectivity index (χ0) is 13.9. The summed E-state index contributed by atoms with van der Waals surface area (Å²) in [6.07, 6.45) is 7.46. The van der Waals surface area contributed by atoms with Crippen LogP contribution in [0.25, 0.3) is 0 Å². The van der Waals surface area contributed by atoms with E-state index in [1.807, 2.05) is 26.2 Å². The Labute approximate surface area is 118 Å². The lowest BCUT2D eigenvalue weighted by Crippen LogP contribution is -2.24. The van der Waals surface area contributed by atoms with Crippen molar-refractivity contribution in [2.45, 2.75) is 25.8 Å². The number of rotatable bonds is 3. The molecule has 1 N–H and O–H groups in total. The Morgan fingerprint density at radius 1 is 1.30 bits per heavy atom. The smallest absolute Gasteiger partial charge is 0.147 e. The second-order valence-corrected chi connectivity index (χ2v) is 4.89. The second-order valence-electron chi connectivity index (χ2n) is 4.89. The maximum Gasteiger partial charge on any atom is 0.147 e. The third-order valence-corrected chi connectivity index (χ3v) is 3.55. The molecule has 6 heteroatoms. The molecule has 0 saturated carbocycles. The van der Waals surface area contributed by atoms with E-state index in [0.717, 1.165) is 42.5 Å². The van der Waals surface area contributed by atoms with Crippen LogP contribution in [-0.4, -0.2) is 33.5 Å². The molecule has 1 atom stereocenters. The predicted octanol–water partition coefficient (Wildman–Crippen LogP) is 1.96. The first-order valence-electron chi connectivity index (χ1n) is 6.84. The second kappa shape index (κ2) is 5.40. The van der Waals surface area contributed by atoms with Gasteiger partial charge in [0.15, 0.2) is 0 Å². The van der Waals surface area contributed by atoms with Crippen molar-refractivity contribution in [1.82, 2.24) is 19.9 Å². The maximum absolute atomic E-state index is 4.60. The van der Waals surface area contributed by atoms with E-state index in [9.17, 15) is 0 Å². The van der Waals surface area contributed by atoms with E-state index in [1.54, 1.807) is 12.4 Å². The first-order valence-corrected chi connectivity index (χ1v) is 6.84. The van der Waals surface area contributed by atoms with Gasteiger partial charge in [-0.05, 0) is 19.8 Å². The highest BCUT2D eigenvalue weighted by molar-refractivity contribution is 5.43. The minimum absolute atomic E-state index is 0.250. The number of aromatic nitrogens is 4. The Bertz CT molecular complexity index is 585.